The third kappa shape index (κ3) is 3.68. The SMILES string of the molecule is CN1CCOc2ccc(C3c4ccccc4OCC3c3ccccc3)cc21.CO. The lowest BCUT2D eigenvalue weighted by molar-refractivity contribution is 0.249. The second-order valence-electron chi connectivity index (χ2n) is 7.34. The van der Waals surface area contributed by atoms with Crippen LogP contribution >= 0.6 is 0 Å². The van der Waals surface area contributed by atoms with Crippen LogP contribution in [-0.4, -0.2) is 39.0 Å². The lowest BCUT2D eigenvalue weighted by atomic mass is 9.76. The van der Waals surface area contributed by atoms with Crippen LogP contribution in [0.4, 0.5) is 5.69 Å². The Kier molecular flexibility index (Phi) is 5.72. The van der Waals surface area contributed by atoms with Gasteiger partial charge in [-0.15, -0.1) is 0 Å². The fourth-order valence-electron chi connectivity index (χ4n) is 4.32. The molecule has 150 valence electrons. The van der Waals surface area contributed by atoms with Crippen molar-refractivity contribution in [2.45, 2.75) is 11.8 Å². The monoisotopic (exact) mass is 389 g/mol. The van der Waals surface area contributed by atoms with Crippen LogP contribution < -0.4 is 14.4 Å². The molecule has 3 aromatic rings. The van der Waals surface area contributed by atoms with Crippen molar-refractivity contribution in [2.75, 3.05) is 38.8 Å². The van der Waals surface area contributed by atoms with Crippen LogP contribution in [0, 0.1) is 0 Å². The maximum atomic E-state index is 7.00. The molecule has 2 aliphatic heterocycles. The highest BCUT2D eigenvalue weighted by molar-refractivity contribution is 5.63. The standard InChI is InChI=1S/C24H23NO2.CH4O/c1-25-13-14-26-23-12-11-18(15-21(23)25)24-19-9-5-6-10-22(19)27-16-20(24)17-7-3-2-4-8-17;1-2/h2-12,15,20,24H,13-14,16H2,1H3;2H,1H3. The van der Waals surface area contributed by atoms with E-state index in [1.54, 1.807) is 0 Å². The van der Waals surface area contributed by atoms with Crippen molar-refractivity contribution in [1.29, 1.82) is 0 Å². The summed E-state index contributed by atoms with van der Waals surface area (Å²) < 4.78 is 12.0. The first-order chi connectivity index (χ1) is 14.3. The number of rotatable bonds is 2. The lowest BCUT2D eigenvalue weighted by Gasteiger charge is -2.35. The lowest BCUT2D eigenvalue weighted by Crippen LogP contribution is -2.29. The first-order valence-electron chi connectivity index (χ1n) is 10.0. The van der Waals surface area contributed by atoms with E-state index in [4.69, 9.17) is 14.6 Å². The Labute approximate surface area is 172 Å². The molecule has 0 spiro atoms. The minimum absolute atomic E-state index is 0.262. The Morgan fingerprint density at radius 3 is 2.41 bits per heavy atom. The minimum atomic E-state index is 0.262. The smallest absolute Gasteiger partial charge is 0.142 e. The quantitative estimate of drug-likeness (QED) is 0.704. The van der Waals surface area contributed by atoms with Crippen molar-refractivity contribution in [3.05, 3.63) is 89.5 Å². The van der Waals surface area contributed by atoms with Gasteiger partial charge in [-0.25, -0.2) is 0 Å². The second-order valence-corrected chi connectivity index (χ2v) is 7.34. The highest BCUT2D eigenvalue weighted by Crippen LogP contribution is 2.47. The van der Waals surface area contributed by atoms with Gasteiger partial charge in [0.25, 0.3) is 0 Å². The zero-order valence-corrected chi connectivity index (χ0v) is 16.9. The summed E-state index contributed by atoms with van der Waals surface area (Å²) in [5.41, 5.74) is 5.07. The minimum Gasteiger partial charge on any atom is -0.493 e. The molecule has 29 heavy (non-hydrogen) atoms. The van der Waals surface area contributed by atoms with Gasteiger partial charge in [-0.3, -0.25) is 0 Å². The van der Waals surface area contributed by atoms with Gasteiger partial charge in [-0.1, -0.05) is 54.6 Å². The molecular weight excluding hydrogens is 362 g/mol. The summed E-state index contributed by atoms with van der Waals surface area (Å²) in [7, 11) is 3.14. The van der Waals surface area contributed by atoms with Crippen LogP contribution in [-0.2, 0) is 0 Å². The molecule has 2 atom stereocenters. The average Bonchev–Trinajstić information content (AvgIpc) is 2.80. The third-order valence-corrected chi connectivity index (χ3v) is 5.74. The summed E-state index contributed by atoms with van der Waals surface area (Å²) in [6.45, 7) is 2.35. The van der Waals surface area contributed by atoms with E-state index in [9.17, 15) is 0 Å². The van der Waals surface area contributed by atoms with E-state index < -0.39 is 0 Å². The van der Waals surface area contributed by atoms with Crippen molar-refractivity contribution in [1.82, 2.24) is 0 Å². The first kappa shape index (κ1) is 19.3. The molecule has 0 aromatic heterocycles. The Morgan fingerprint density at radius 1 is 0.828 bits per heavy atom. The average molecular weight is 389 g/mol. The highest BCUT2D eigenvalue weighted by atomic mass is 16.5. The van der Waals surface area contributed by atoms with Gasteiger partial charge in [-0.05, 0) is 29.3 Å². The van der Waals surface area contributed by atoms with E-state index >= 15 is 0 Å². The number of likely N-dealkylation sites (N-methyl/N-ethyl adjacent to an activating group) is 1. The van der Waals surface area contributed by atoms with Gasteiger partial charge in [-0.2, -0.15) is 0 Å². The van der Waals surface area contributed by atoms with Crippen molar-refractivity contribution >= 4 is 5.69 Å². The Balaban J connectivity index is 0.000000994. The van der Waals surface area contributed by atoms with Crippen LogP contribution in [0.2, 0.25) is 0 Å². The highest BCUT2D eigenvalue weighted by Gasteiger charge is 2.34. The number of aliphatic hydroxyl groups is 1. The molecule has 0 amide bonds. The second kappa shape index (κ2) is 8.58. The summed E-state index contributed by atoms with van der Waals surface area (Å²) in [6, 6.07) is 25.8. The van der Waals surface area contributed by atoms with Gasteiger partial charge in [0.2, 0.25) is 0 Å². The molecule has 4 heteroatoms. The predicted molar refractivity (Wildman–Crippen MR) is 116 cm³/mol. The number of hydrogen-bond donors (Lipinski definition) is 1. The molecule has 0 saturated carbocycles. The largest absolute Gasteiger partial charge is 0.493 e. The third-order valence-electron chi connectivity index (χ3n) is 5.74. The molecular formula is C25H27NO3. The molecule has 1 N–H and O–H groups in total. The maximum absolute atomic E-state index is 7.00. The number of benzene rings is 3. The Bertz CT molecular complexity index is 957. The molecule has 2 heterocycles. The summed E-state index contributed by atoms with van der Waals surface area (Å²) in [5, 5.41) is 7.00. The molecule has 3 aromatic carbocycles. The van der Waals surface area contributed by atoms with Crippen LogP contribution in [0.5, 0.6) is 11.5 Å². The van der Waals surface area contributed by atoms with Gasteiger partial charge in [0, 0.05) is 31.6 Å². The van der Waals surface area contributed by atoms with E-state index in [1.165, 1.54) is 22.4 Å². The summed E-state index contributed by atoms with van der Waals surface area (Å²) >= 11 is 0. The Hall–Kier alpha value is -2.98. The van der Waals surface area contributed by atoms with E-state index in [-0.39, 0.29) is 11.8 Å². The van der Waals surface area contributed by atoms with E-state index in [0.717, 1.165) is 31.8 Å². The summed E-state index contributed by atoms with van der Waals surface area (Å²) in [6.07, 6.45) is 0. The van der Waals surface area contributed by atoms with Crippen molar-refractivity contribution in [3.8, 4) is 11.5 Å². The van der Waals surface area contributed by atoms with E-state index in [1.807, 2.05) is 6.07 Å². The van der Waals surface area contributed by atoms with Crippen LogP contribution in [0.1, 0.15) is 28.5 Å². The Morgan fingerprint density at radius 2 is 1.59 bits per heavy atom. The van der Waals surface area contributed by atoms with Gasteiger partial charge in [0.15, 0.2) is 0 Å². The summed E-state index contributed by atoms with van der Waals surface area (Å²) in [4.78, 5) is 2.28. The molecule has 4 nitrogen and oxygen atoms in total. The first-order valence-corrected chi connectivity index (χ1v) is 10.0. The number of nitrogens with zero attached hydrogens (tertiary/aromatic N) is 1. The van der Waals surface area contributed by atoms with Crippen LogP contribution in [0.15, 0.2) is 72.8 Å². The molecule has 0 radical (unpaired) electrons. The molecule has 0 saturated heterocycles. The topological polar surface area (TPSA) is 41.9 Å². The van der Waals surface area contributed by atoms with Crippen molar-refractivity contribution in [2.24, 2.45) is 0 Å². The molecule has 2 aliphatic rings. The van der Waals surface area contributed by atoms with Crippen molar-refractivity contribution in [3.63, 3.8) is 0 Å². The number of hydrogen-bond acceptors (Lipinski definition) is 4. The zero-order valence-electron chi connectivity index (χ0n) is 16.9. The zero-order chi connectivity index (χ0) is 20.2. The predicted octanol–water partition coefficient (Wildman–Crippen LogP) is 4.43. The van der Waals surface area contributed by atoms with E-state index in [0.29, 0.717) is 6.61 Å². The van der Waals surface area contributed by atoms with Crippen LogP contribution in [0.25, 0.3) is 0 Å². The normalized spacial score (nSPS) is 19.6. The van der Waals surface area contributed by atoms with Gasteiger partial charge in [0.05, 0.1) is 18.8 Å². The van der Waals surface area contributed by atoms with Gasteiger partial charge < -0.3 is 19.5 Å². The summed E-state index contributed by atoms with van der Waals surface area (Å²) in [5.74, 6) is 2.52. The van der Waals surface area contributed by atoms with Crippen LogP contribution in [0.3, 0.4) is 0 Å². The van der Waals surface area contributed by atoms with E-state index in [2.05, 4.69) is 78.7 Å². The number of aliphatic hydroxyl groups excluding tert-OH is 1. The van der Waals surface area contributed by atoms with Gasteiger partial charge >= 0.3 is 0 Å². The molecule has 0 aliphatic carbocycles. The maximum Gasteiger partial charge on any atom is 0.142 e. The fourth-order valence-corrected chi connectivity index (χ4v) is 4.32. The van der Waals surface area contributed by atoms with Crippen molar-refractivity contribution < 1.29 is 14.6 Å². The molecule has 0 bridgehead atoms. The van der Waals surface area contributed by atoms with Gasteiger partial charge in [0.1, 0.15) is 18.1 Å². The fraction of sp³-hybridized carbons (Fsp3) is 0.280. The molecule has 0 fully saturated rings. The molecule has 2 unspecified atom stereocenters. The molecule has 5 rings (SSSR count). The number of ether oxygens (including phenoxy) is 2. The number of fused-ring (bicyclic) bond motifs is 2. The number of para-hydroxylation sites is 1. The number of anilines is 1.